The van der Waals surface area contributed by atoms with Crippen LogP contribution in [0.2, 0.25) is 0 Å². The number of amides is 1. The van der Waals surface area contributed by atoms with Gasteiger partial charge < -0.3 is 10.6 Å². The van der Waals surface area contributed by atoms with E-state index < -0.39 is 0 Å². The van der Waals surface area contributed by atoms with Crippen molar-refractivity contribution in [2.75, 3.05) is 13.1 Å². The molecule has 16 heavy (non-hydrogen) atoms. The number of hydrogen-bond acceptors (Lipinski definition) is 2. The summed E-state index contributed by atoms with van der Waals surface area (Å²) in [5.74, 6) is 0.301. The summed E-state index contributed by atoms with van der Waals surface area (Å²) < 4.78 is 0. The van der Waals surface area contributed by atoms with E-state index in [1.807, 2.05) is 0 Å². The van der Waals surface area contributed by atoms with Crippen LogP contribution >= 0.6 is 12.4 Å². The molecule has 0 bridgehead atoms. The molecule has 1 aliphatic carbocycles. The van der Waals surface area contributed by atoms with Crippen LogP contribution in [0.25, 0.3) is 0 Å². The molecule has 1 fully saturated rings. The molecule has 4 heteroatoms. The van der Waals surface area contributed by atoms with E-state index in [4.69, 9.17) is 5.73 Å². The molecule has 1 amide bonds. The Hall–Kier alpha value is -0.280. The monoisotopic (exact) mass is 248 g/mol. The third-order valence-corrected chi connectivity index (χ3v) is 3.27. The fourth-order valence-electron chi connectivity index (χ4n) is 2.43. The van der Waals surface area contributed by atoms with E-state index in [1.54, 1.807) is 0 Å². The lowest BCUT2D eigenvalue weighted by Crippen LogP contribution is -2.41. The standard InChI is InChI=1S/C12H24N2O.ClH/c1-2-14(12(15)9-6-10-13)11-7-4-3-5-8-11;/h11H,2-10,13H2,1H3;1H. The summed E-state index contributed by atoms with van der Waals surface area (Å²) in [6.07, 6.45) is 7.75. The van der Waals surface area contributed by atoms with Gasteiger partial charge in [-0.15, -0.1) is 12.4 Å². The van der Waals surface area contributed by atoms with Crippen molar-refractivity contribution in [1.29, 1.82) is 0 Å². The maximum atomic E-state index is 11.9. The minimum Gasteiger partial charge on any atom is -0.340 e. The molecule has 0 aromatic heterocycles. The van der Waals surface area contributed by atoms with E-state index in [9.17, 15) is 4.79 Å². The number of nitrogens with zero attached hydrogens (tertiary/aromatic N) is 1. The molecule has 96 valence electrons. The quantitative estimate of drug-likeness (QED) is 0.812. The molecule has 0 aromatic carbocycles. The first-order valence-electron chi connectivity index (χ1n) is 6.29. The van der Waals surface area contributed by atoms with E-state index >= 15 is 0 Å². The van der Waals surface area contributed by atoms with Gasteiger partial charge in [0.05, 0.1) is 0 Å². The van der Waals surface area contributed by atoms with Gasteiger partial charge in [0.25, 0.3) is 0 Å². The van der Waals surface area contributed by atoms with E-state index in [-0.39, 0.29) is 12.4 Å². The summed E-state index contributed by atoms with van der Waals surface area (Å²) in [6.45, 7) is 3.55. The fourth-order valence-corrected chi connectivity index (χ4v) is 2.43. The number of nitrogens with two attached hydrogens (primary N) is 1. The molecule has 1 saturated carbocycles. The first-order valence-corrected chi connectivity index (χ1v) is 6.29. The van der Waals surface area contributed by atoms with Crippen LogP contribution in [-0.2, 0) is 4.79 Å². The molecule has 2 N–H and O–H groups in total. The maximum absolute atomic E-state index is 11.9. The molecule has 0 heterocycles. The summed E-state index contributed by atoms with van der Waals surface area (Å²) >= 11 is 0. The van der Waals surface area contributed by atoms with Crippen LogP contribution in [0.5, 0.6) is 0 Å². The van der Waals surface area contributed by atoms with Gasteiger partial charge in [-0.1, -0.05) is 19.3 Å². The smallest absolute Gasteiger partial charge is 0.222 e. The average molecular weight is 249 g/mol. The maximum Gasteiger partial charge on any atom is 0.222 e. The Morgan fingerprint density at radius 3 is 2.44 bits per heavy atom. The molecule has 0 saturated heterocycles. The molecule has 0 radical (unpaired) electrons. The lowest BCUT2D eigenvalue weighted by Gasteiger charge is -2.33. The predicted molar refractivity (Wildman–Crippen MR) is 69.8 cm³/mol. The molecule has 0 aliphatic heterocycles. The Morgan fingerprint density at radius 2 is 1.94 bits per heavy atom. The third-order valence-electron chi connectivity index (χ3n) is 3.27. The second-order valence-corrected chi connectivity index (χ2v) is 4.36. The van der Waals surface area contributed by atoms with Crippen molar-refractivity contribution in [2.45, 2.75) is 57.9 Å². The third kappa shape index (κ3) is 4.71. The number of rotatable bonds is 5. The summed E-state index contributed by atoms with van der Waals surface area (Å²) in [6, 6.07) is 0.508. The number of carbonyl (C=O) groups is 1. The van der Waals surface area contributed by atoms with Gasteiger partial charge >= 0.3 is 0 Å². The van der Waals surface area contributed by atoms with Crippen molar-refractivity contribution in [3.05, 3.63) is 0 Å². The second kappa shape index (κ2) is 8.82. The van der Waals surface area contributed by atoms with Crippen LogP contribution in [0, 0.1) is 0 Å². The Morgan fingerprint density at radius 1 is 1.31 bits per heavy atom. The highest BCUT2D eigenvalue weighted by Crippen LogP contribution is 2.23. The van der Waals surface area contributed by atoms with Crippen molar-refractivity contribution in [3.8, 4) is 0 Å². The van der Waals surface area contributed by atoms with Crippen molar-refractivity contribution in [1.82, 2.24) is 4.90 Å². The summed E-state index contributed by atoms with van der Waals surface area (Å²) in [7, 11) is 0. The first-order chi connectivity index (χ1) is 7.29. The molecule has 3 nitrogen and oxygen atoms in total. The Bertz CT molecular complexity index is 193. The van der Waals surface area contributed by atoms with Crippen molar-refractivity contribution < 1.29 is 4.79 Å². The van der Waals surface area contributed by atoms with Crippen LogP contribution in [-0.4, -0.2) is 29.9 Å². The molecule has 0 aromatic rings. The second-order valence-electron chi connectivity index (χ2n) is 4.36. The average Bonchev–Trinajstić information content (AvgIpc) is 2.29. The zero-order valence-electron chi connectivity index (χ0n) is 10.3. The zero-order valence-corrected chi connectivity index (χ0v) is 11.1. The minimum atomic E-state index is 0. The van der Waals surface area contributed by atoms with Crippen molar-refractivity contribution in [2.24, 2.45) is 5.73 Å². The molecular formula is C12H25ClN2O. The van der Waals surface area contributed by atoms with Gasteiger partial charge in [-0.25, -0.2) is 0 Å². The van der Waals surface area contributed by atoms with Crippen LogP contribution in [0.4, 0.5) is 0 Å². The highest BCUT2D eigenvalue weighted by Gasteiger charge is 2.23. The normalized spacial score (nSPS) is 16.6. The SMILES string of the molecule is CCN(C(=O)CCCN)C1CCCCC1.Cl. The number of hydrogen-bond donors (Lipinski definition) is 1. The van der Waals surface area contributed by atoms with Crippen LogP contribution in [0.15, 0.2) is 0 Å². The molecule has 0 atom stereocenters. The van der Waals surface area contributed by atoms with Gasteiger partial charge in [0.1, 0.15) is 0 Å². The highest BCUT2D eigenvalue weighted by molar-refractivity contribution is 5.85. The largest absolute Gasteiger partial charge is 0.340 e. The molecule has 0 unspecified atom stereocenters. The topological polar surface area (TPSA) is 46.3 Å². The Balaban J connectivity index is 0.00000225. The van der Waals surface area contributed by atoms with Crippen LogP contribution in [0.1, 0.15) is 51.9 Å². The van der Waals surface area contributed by atoms with E-state index in [0.717, 1.165) is 13.0 Å². The summed E-state index contributed by atoms with van der Waals surface area (Å²) in [4.78, 5) is 14.0. The molecule has 1 rings (SSSR count). The van der Waals surface area contributed by atoms with Gasteiger partial charge in [-0.05, 0) is 32.7 Å². The summed E-state index contributed by atoms with van der Waals surface area (Å²) in [5, 5.41) is 0. The van der Waals surface area contributed by atoms with Crippen LogP contribution < -0.4 is 5.73 Å². The Labute approximate surface area is 105 Å². The van der Waals surface area contributed by atoms with Gasteiger partial charge in [-0.3, -0.25) is 4.79 Å². The minimum absolute atomic E-state index is 0. The van der Waals surface area contributed by atoms with Crippen LogP contribution in [0.3, 0.4) is 0 Å². The number of carbonyl (C=O) groups excluding carboxylic acids is 1. The van der Waals surface area contributed by atoms with Gasteiger partial charge in [0, 0.05) is 19.0 Å². The van der Waals surface area contributed by atoms with Crippen molar-refractivity contribution >= 4 is 18.3 Å². The Kier molecular flexibility index (Phi) is 8.67. The molecular weight excluding hydrogens is 224 g/mol. The van der Waals surface area contributed by atoms with E-state index in [1.165, 1.54) is 32.1 Å². The molecule has 0 spiro atoms. The van der Waals surface area contributed by atoms with Gasteiger partial charge in [-0.2, -0.15) is 0 Å². The first kappa shape index (κ1) is 15.7. The fraction of sp³-hybridized carbons (Fsp3) is 0.917. The zero-order chi connectivity index (χ0) is 11.1. The lowest BCUT2D eigenvalue weighted by molar-refractivity contribution is -0.134. The van der Waals surface area contributed by atoms with E-state index in [2.05, 4.69) is 11.8 Å². The predicted octanol–water partition coefficient (Wildman–Crippen LogP) is 2.33. The van der Waals surface area contributed by atoms with Gasteiger partial charge in [0.2, 0.25) is 5.91 Å². The van der Waals surface area contributed by atoms with Crippen molar-refractivity contribution in [3.63, 3.8) is 0 Å². The lowest BCUT2D eigenvalue weighted by atomic mass is 9.94. The highest BCUT2D eigenvalue weighted by atomic mass is 35.5. The van der Waals surface area contributed by atoms with Gasteiger partial charge in [0.15, 0.2) is 0 Å². The van der Waals surface area contributed by atoms with E-state index in [0.29, 0.717) is 24.9 Å². The summed E-state index contributed by atoms with van der Waals surface area (Å²) in [5.41, 5.74) is 5.43. The number of halogens is 1. The molecule has 1 aliphatic rings.